The minimum Gasteiger partial charge on any atom is -0.486 e. The third-order valence-corrected chi connectivity index (χ3v) is 2.96. The van der Waals surface area contributed by atoms with Gasteiger partial charge in [-0.05, 0) is 39.8 Å². The van der Waals surface area contributed by atoms with E-state index in [1.165, 1.54) is 11.3 Å². The fourth-order valence-corrected chi connectivity index (χ4v) is 2.09. The minimum absolute atomic E-state index is 0.407. The molecule has 0 saturated heterocycles. The van der Waals surface area contributed by atoms with Gasteiger partial charge >= 0.3 is 0 Å². The van der Waals surface area contributed by atoms with Crippen LogP contribution >= 0.6 is 0 Å². The molecule has 2 rings (SSSR count). The van der Waals surface area contributed by atoms with Crippen LogP contribution in [-0.2, 0) is 6.61 Å². The molecular formula is C15H20N2O. The van der Waals surface area contributed by atoms with E-state index < -0.39 is 0 Å². The molecule has 2 aromatic rings. The van der Waals surface area contributed by atoms with E-state index in [1.807, 2.05) is 18.3 Å². The Kier molecular flexibility index (Phi) is 3.70. The molecule has 0 aliphatic carbocycles. The lowest BCUT2D eigenvalue weighted by atomic mass is 10.2. The molecule has 1 heterocycles. The topological polar surface area (TPSA) is 27.1 Å². The zero-order valence-electron chi connectivity index (χ0n) is 11.5. The summed E-state index contributed by atoms with van der Waals surface area (Å²) in [6.45, 7) is 8.96. The number of hydrogen-bond acceptors (Lipinski definition) is 2. The standard InChI is InChI=1S/C15H20N2O/c1-11(2)17-13(4)9-16-15(17)10-18-14-7-5-12(3)6-8-14/h5-9,11H,10H2,1-4H3. The quantitative estimate of drug-likeness (QED) is 0.820. The van der Waals surface area contributed by atoms with Crippen molar-refractivity contribution < 1.29 is 4.74 Å². The van der Waals surface area contributed by atoms with Crippen LogP contribution in [0.1, 0.15) is 37.0 Å². The Labute approximate surface area is 108 Å². The number of nitrogens with zero attached hydrogens (tertiary/aromatic N) is 2. The first-order valence-electron chi connectivity index (χ1n) is 6.30. The first-order valence-corrected chi connectivity index (χ1v) is 6.30. The van der Waals surface area contributed by atoms with Crippen molar-refractivity contribution in [2.75, 3.05) is 0 Å². The first kappa shape index (κ1) is 12.7. The summed E-state index contributed by atoms with van der Waals surface area (Å²) < 4.78 is 7.97. The molecular weight excluding hydrogens is 224 g/mol. The van der Waals surface area contributed by atoms with Gasteiger partial charge in [0.2, 0.25) is 0 Å². The number of rotatable bonds is 4. The van der Waals surface area contributed by atoms with E-state index in [0.29, 0.717) is 12.6 Å². The highest BCUT2D eigenvalue weighted by atomic mass is 16.5. The van der Waals surface area contributed by atoms with Gasteiger partial charge in [0.05, 0.1) is 0 Å². The lowest BCUT2D eigenvalue weighted by Gasteiger charge is -2.14. The molecule has 1 aromatic heterocycles. The minimum atomic E-state index is 0.407. The summed E-state index contributed by atoms with van der Waals surface area (Å²) >= 11 is 0. The van der Waals surface area contributed by atoms with Gasteiger partial charge in [-0.25, -0.2) is 4.98 Å². The van der Waals surface area contributed by atoms with Gasteiger partial charge in [-0.1, -0.05) is 17.7 Å². The summed E-state index contributed by atoms with van der Waals surface area (Å²) in [5.41, 5.74) is 2.41. The molecule has 0 fully saturated rings. The summed E-state index contributed by atoms with van der Waals surface area (Å²) in [7, 11) is 0. The van der Waals surface area contributed by atoms with Crippen molar-refractivity contribution in [1.82, 2.24) is 9.55 Å². The molecule has 0 atom stereocenters. The summed E-state index contributed by atoms with van der Waals surface area (Å²) in [6, 6.07) is 8.49. The number of aromatic nitrogens is 2. The zero-order valence-corrected chi connectivity index (χ0v) is 11.5. The van der Waals surface area contributed by atoms with Gasteiger partial charge < -0.3 is 9.30 Å². The van der Waals surface area contributed by atoms with Crippen LogP contribution < -0.4 is 4.74 Å². The van der Waals surface area contributed by atoms with E-state index in [2.05, 4.69) is 49.4 Å². The van der Waals surface area contributed by atoms with Crippen LogP contribution in [0.5, 0.6) is 5.75 Å². The average Bonchev–Trinajstić information content (AvgIpc) is 2.70. The molecule has 0 saturated carbocycles. The fraction of sp³-hybridized carbons (Fsp3) is 0.400. The van der Waals surface area contributed by atoms with Crippen molar-refractivity contribution in [3.05, 3.63) is 47.5 Å². The molecule has 0 amide bonds. The van der Waals surface area contributed by atoms with E-state index >= 15 is 0 Å². The average molecular weight is 244 g/mol. The predicted octanol–water partition coefficient (Wildman–Crippen LogP) is 3.66. The zero-order chi connectivity index (χ0) is 13.1. The molecule has 0 spiro atoms. The SMILES string of the molecule is Cc1ccc(OCc2ncc(C)n2C(C)C)cc1. The molecule has 0 N–H and O–H groups in total. The highest BCUT2D eigenvalue weighted by Crippen LogP contribution is 2.16. The summed E-state index contributed by atoms with van der Waals surface area (Å²) in [5.74, 6) is 1.86. The molecule has 18 heavy (non-hydrogen) atoms. The number of aryl methyl sites for hydroxylation is 2. The van der Waals surface area contributed by atoms with Crippen molar-refractivity contribution in [2.45, 2.75) is 40.3 Å². The molecule has 0 unspecified atom stereocenters. The Balaban J connectivity index is 2.08. The number of benzene rings is 1. The molecule has 96 valence electrons. The van der Waals surface area contributed by atoms with Crippen LogP contribution in [0.15, 0.2) is 30.5 Å². The number of imidazole rings is 1. The second-order valence-corrected chi connectivity index (χ2v) is 4.88. The Bertz CT molecular complexity index is 512. The van der Waals surface area contributed by atoms with Crippen molar-refractivity contribution in [3.63, 3.8) is 0 Å². The predicted molar refractivity (Wildman–Crippen MR) is 72.9 cm³/mol. The van der Waals surface area contributed by atoms with Gasteiger partial charge in [0, 0.05) is 17.9 Å². The lowest BCUT2D eigenvalue weighted by Crippen LogP contribution is -2.10. The number of ether oxygens (including phenoxy) is 1. The Hall–Kier alpha value is -1.77. The maximum Gasteiger partial charge on any atom is 0.147 e. The Morgan fingerprint density at radius 2 is 1.83 bits per heavy atom. The van der Waals surface area contributed by atoms with Gasteiger partial charge in [-0.3, -0.25) is 0 Å². The first-order chi connectivity index (χ1) is 8.58. The molecule has 0 aliphatic heterocycles. The maximum atomic E-state index is 5.77. The maximum absolute atomic E-state index is 5.77. The van der Waals surface area contributed by atoms with E-state index in [1.54, 1.807) is 0 Å². The van der Waals surface area contributed by atoms with Crippen LogP contribution in [0.3, 0.4) is 0 Å². The third kappa shape index (κ3) is 2.73. The highest BCUT2D eigenvalue weighted by molar-refractivity contribution is 5.26. The summed E-state index contributed by atoms with van der Waals surface area (Å²) in [6.07, 6.45) is 1.90. The van der Waals surface area contributed by atoms with Crippen LogP contribution in [0.4, 0.5) is 0 Å². The Morgan fingerprint density at radius 1 is 1.17 bits per heavy atom. The molecule has 3 heteroatoms. The van der Waals surface area contributed by atoms with E-state index in [9.17, 15) is 0 Å². The summed E-state index contributed by atoms with van der Waals surface area (Å²) in [4.78, 5) is 4.41. The normalized spacial score (nSPS) is 10.9. The van der Waals surface area contributed by atoms with Gasteiger partial charge in [0.1, 0.15) is 18.2 Å². The largest absolute Gasteiger partial charge is 0.486 e. The fourth-order valence-electron chi connectivity index (χ4n) is 2.09. The van der Waals surface area contributed by atoms with Crippen LogP contribution in [0.2, 0.25) is 0 Å². The molecule has 3 nitrogen and oxygen atoms in total. The van der Waals surface area contributed by atoms with Crippen LogP contribution in [0.25, 0.3) is 0 Å². The highest BCUT2D eigenvalue weighted by Gasteiger charge is 2.10. The van der Waals surface area contributed by atoms with Crippen molar-refractivity contribution >= 4 is 0 Å². The van der Waals surface area contributed by atoms with Crippen molar-refractivity contribution in [3.8, 4) is 5.75 Å². The number of hydrogen-bond donors (Lipinski definition) is 0. The van der Waals surface area contributed by atoms with Crippen LogP contribution in [0, 0.1) is 13.8 Å². The van der Waals surface area contributed by atoms with E-state index in [4.69, 9.17) is 4.74 Å². The lowest BCUT2D eigenvalue weighted by molar-refractivity contribution is 0.286. The van der Waals surface area contributed by atoms with Gasteiger partial charge in [-0.2, -0.15) is 0 Å². The third-order valence-electron chi connectivity index (χ3n) is 2.96. The van der Waals surface area contributed by atoms with Crippen molar-refractivity contribution in [2.24, 2.45) is 0 Å². The van der Waals surface area contributed by atoms with Crippen molar-refractivity contribution in [1.29, 1.82) is 0 Å². The van der Waals surface area contributed by atoms with E-state index in [-0.39, 0.29) is 0 Å². The molecule has 0 aliphatic rings. The molecule has 1 aromatic carbocycles. The van der Waals surface area contributed by atoms with Crippen LogP contribution in [-0.4, -0.2) is 9.55 Å². The van der Waals surface area contributed by atoms with Gasteiger partial charge in [-0.15, -0.1) is 0 Å². The molecule has 0 radical (unpaired) electrons. The second-order valence-electron chi connectivity index (χ2n) is 4.88. The smallest absolute Gasteiger partial charge is 0.147 e. The second kappa shape index (κ2) is 5.25. The Morgan fingerprint density at radius 3 is 2.44 bits per heavy atom. The molecule has 0 bridgehead atoms. The van der Waals surface area contributed by atoms with Gasteiger partial charge in [0.15, 0.2) is 0 Å². The monoisotopic (exact) mass is 244 g/mol. The van der Waals surface area contributed by atoms with E-state index in [0.717, 1.165) is 11.6 Å². The van der Waals surface area contributed by atoms with Gasteiger partial charge in [0.25, 0.3) is 0 Å². The summed E-state index contributed by atoms with van der Waals surface area (Å²) in [5, 5.41) is 0.